The molecule has 1 saturated heterocycles. The maximum atomic E-state index is 6.13. The van der Waals surface area contributed by atoms with E-state index >= 15 is 0 Å². The minimum atomic E-state index is 0.415. The van der Waals surface area contributed by atoms with E-state index in [1.54, 1.807) is 6.33 Å². The van der Waals surface area contributed by atoms with Gasteiger partial charge in [0.2, 0.25) is 0 Å². The predicted octanol–water partition coefficient (Wildman–Crippen LogP) is 1.85. The predicted molar refractivity (Wildman–Crippen MR) is 107 cm³/mol. The number of anilines is 2. The Morgan fingerprint density at radius 3 is 2.85 bits per heavy atom. The molecule has 0 atom stereocenters. The van der Waals surface area contributed by atoms with Gasteiger partial charge in [0.15, 0.2) is 17.3 Å². The lowest BCUT2D eigenvalue weighted by Gasteiger charge is -2.29. The van der Waals surface area contributed by atoms with Crippen molar-refractivity contribution in [3.63, 3.8) is 0 Å². The Kier molecular flexibility index (Phi) is 4.64. The summed E-state index contributed by atoms with van der Waals surface area (Å²) < 4.78 is 7.37. The lowest BCUT2D eigenvalue weighted by Crippen LogP contribution is -2.36. The zero-order chi connectivity index (χ0) is 18.8. The fraction of sp³-hybridized carbons (Fsp3) is 0.316. The Morgan fingerprint density at radius 2 is 2.07 bits per heavy atom. The van der Waals surface area contributed by atoms with Crippen molar-refractivity contribution in [2.75, 3.05) is 36.6 Å². The van der Waals surface area contributed by atoms with E-state index < -0.39 is 0 Å². The van der Waals surface area contributed by atoms with E-state index in [4.69, 9.17) is 10.5 Å². The van der Waals surface area contributed by atoms with E-state index in [2.05, 4.69) is 25.4 Å². The average molecular weight is 365 g/mol. The molecule has 8 nitrogen and oxygen atoms in total. The summed E-state index contributed by atoms with van der Waals surface area (Å²) in [6.07, 6.45) is 1.77. The molecule has 0 radical (unpaired) electrons. The standard InChI is InChI=1S/C19H23N7O/c1-13-4-3-5-14(10-13)18(20)24-23-16-11-15(26-6-8-27-9-7-26)17-19(22-16)25(2)12-21-17/h3-5,10-12H,6-9H2,1-2H3,(H2,20,24)(H,22,23). The van der Waals surface area contributed by atoms with Crippen molar-refractivity contribution < 1.29 is 4.74 Å². The second-order valence-corrected chi connectivity index (χ2v) is 6.63. The van der Waals surface area contributed by atoms with Crippen molar-refractivity contribution >= 4 is 28.5 Å². The zero-order valence-corrected chi connectivity index (χ0v) is 15.5. The molecular weight excluding hydrogens is 342 g/mol. The number of pyridine rings is 1. The highest BCUT2D eigenvalue weighted by Gasteiger charge is 2.18. The van der Waals surface area contributed by atoms with E-state index in [0.717, 1.165) is 41.1 Å². The number of morpholine rings is 1. The SMILES string of the molecule is Cc1cccc(/C(N)=N/Nc2cc(N3CCOCC3)c3ncn(C)c3n2)c1. The van der Waals surface area contributed by atoms with Gasteiger partial charge >= 0.3 is 0 Å². The van der Waals surface area contributed by atoms with Gasteiger partial charge < -0.3 is 19.9 Å². The first kappa shape index (κ1) is 17.3. The van der Waals surface area contributed by atoms with Crippen molar-refractivity contribution in [2.45, 2.75) is 6.92 Å². The third kappa shape index (κ3) is 3.56. The lowest BCUT2D eigenvalue weighted by molar-refractivity contribution is 0.123. The van der Waals surface area contributed by atoms with E-state index in [1.165, 1.54) is 0 Å². The molecule has 0 spiro atoms. The number of ether oxygens (including phenoxy) is 1. The van der Waals surface area contributed by atoms with Crippen LogP contribution in [0.1, 0.15) is 11.1 Å². The summed E-state index contributed by atoms with van der Waals surface area (Å²) in [6.45, 7) is 5.08. The number of nitrogens with two attached hydrogens (primary N) is 1. The molecule has 3 N–H and O–H groups in total. The molecule has 4 rings (SSSR count). The van der Waals surface area contributed by atoms with Crippen molar-refractivity contribution in [1.82, 2.24) is 14.5 Å². The number of rotatable bonds is 4. The summed E-state index contributed by atoms with van der Waals surface area (Å²) in [6, 6.07) is 9.88. The van der Waals surface area contributed by atoms with Crippen LogP contribution in [-0.4, -0.2) is 46.7 Å². The number of hydrazone groups is 1. The topological polar surface area (TPSA) is 93.6 Å². The number of amidine groups is 1. The van der Waals surface area contributed by atoms with Gasteiger partial charge in [-0.05, 0) is 13.0 Å². The highest BCUT2D eigenvalue weighted by Crippen LogP contribution is 2.28. The van der Waals surface area contributed by atoms with Gasteiger partial charge in [-0.1, -0.05) is 23.8 Å². The third-order valence-corrected chi connectivity index (χ3v) is 4.60. The highest BCUT2D eigenvalue weighted by molar-refractivity contribution is 5.98. The Hall–Kier alpha value is -3.13. The zero-order valence-electron chi connectivity index (χ0n) is 15.5. The van der Waals surface area contributed by atoms with Crippen LogP contribution in [0.4, 0.5) is 11.5 Å². The van der Waals surface area contributed by atoms with Gasteiger partial charge in [0.05, 0.1) is 25.2 Å². The monoisotopic (exact) mass is 365 g/mol. The highest BCUT2D eigenvalue weighted by atomic mass is 16.5. The number of nitrogens with one attached hydrogen (secondary N) is 1. The molecule has 0 bridgehead atoms. The first-order chi connectivity index (χ1) is 13.1. The van der Waals surface area contributed by atoms with Gasteiger partial charge in [-0.25, -0.2) is 9.97 Å². The molecule has 27 heavy (non-hydrogen) atoms. The van der Waals surface area contributed by atoms with Gasteiger partial charge in [-0.2, -0.15) is 5.10 Å². The van der Waals surface area contributed by atoms with Crippen LogP contribution in [-0.2, 0) is 11.8 Å². The minimum Gasteiger partial charge on any atom is -0.382 e. The second-order valence-electron chi connectivity index (χ2n) is 6.63. The molecule has 1 aromatic carbocycles. The van der Waals surface area contributed by atoms with Gasteiger partial charge in [0, 0.05) is 31.8 Å². The summed E-state index contributed by atoms with van der Waals surface area (Å²) in [7, 11) is 1.93. The molecule has 140 valence electrons. The number of hydrogen-bond donors (Lipinski definition) is 2. The molecule has 3 aromatic rings. The van der Waals surface area contributed by atoms with Crippen LogP contribution in [0, 0.1) is 6.92 Å². The van der Waals surface area contributed by atoms with Crippen LogP contribution < -0.4 is 16.1 Å². The summed E-state index contributed by atoms with van der Waals surface area (Å²) in [5.41, 5.74) is 13.8. The average Bonchev–Trinajstić information content (AvgIpc) is 3.07. The molecule has 0 unspecified atom stereocenters. The number of imidazole rings is 1. The molecule has 8 heteroatoms. The van der Waals surface area contributed by atoms with Crippen molar-refractivity contribution in [1.29, 1.82) is 0 Å². The van der Waals surface area contributed by atoms with Crippen LogP contribution in [0.5, 0.6) is 0 Å². The van der Waals surface area contributed by atoms with Crippen LogP contribution in [0.15, 0.2) is 41.8 Å². The minimum absolute atomic E-state index is 0.415. The Balaban J connectivity index is 1.67. The molecule has 0 amide bonds. The normalized spacial score (nSPS) is 15.3. The van der Waals surface area contributed by atoms with E-state index in [-0.39, 0.29) is 0 Å². The molecule has 3 heterocycles. The fourth-order valence-electron chi connectivity index (χ4n) is 3.17. The summed E-state index contributed by atoms with van der Waals surface area (Å²) in [4.78, 5) is 11.4. The summed E-state index contributed by atoms with van der Waals surface area (Å²) >= 11 is 0. The first-order valence-corrected chi connectivity index (χ1v) is 8.93. The van der Waals surface area contributed by atoms with Crippen LogP contribution in [0.3, 0.4) is 0 Å². The van der Waals surface area contributed by atoms with Crippen molar-refractivity contribution in [2.24, 2.45) is 17.9 Å². The molecule has 2 aromatic heterocycles. The van der Waals surface area contributed by atoms with Gasteiger partial charge in [-0.15, -0.1) is 0 Å². The van der Waals surface area contributed by atoms with Gasteiger partial charge in [-0.3, -0.25) is 5.43 Å². The Morgan fingerprint density at radius 1 is 1.26 bits per heavy atom. The summed E-state index contributed by atoms with van der Waals surface area (Å²) in [5, 5.41) is 4.32. The lowest BCUT2D eigenvalue weighted by atomic mass is 10.1. The molecule has 1 fully saturated rings. The largest absolute Gasteiger partial charge is 0.382 e. The van der Waals surface area contributed by atoms with Crippen LogP contribution in [0.25, 0.3) is 11.2 Å². The summed E-state index contributed by atoms with van der Waals surface area (Å²) in [5.74, 6) is 1.04. The molecule has 1 aliphatic rings. The second kappa shape index (κ2) is 7.24. The van der Waals surface area contributed by atoms with Gasteiger partial charge in [0.1, 0.15) is 5.52 Å². The van der Waals surface area contributed by atoms with Gasteiger partial charge in [0.25, 0.3) is 0 Å². The smallest absolute Gasteiger partial charge is 0.164 e. The number of nitrogens with zero attached hydrogens (tertiary/aromatic N) is 5. The van der Waals surface area contributed by atoms with E-state index in [0.29, 0.717) is 24.9 Å². The fourth-order valence-corrected chi connectivity index (χ4v) is 3.17. The molecule has 0 saturated carbocycles. The number of benzene rings is 1. The van der Waals surface area contributed by atoms with Crippen molar-refractivity contribution in [3.05, 3.63) is 47.8 Å². The maximum Gasteiger partial charge on any atom is 0.164 e. The first-order valence-electron chi connectivity index (χ1n) is 8.93. The third-order valence-electron chi connectivity index (χ3n) is 4.60. The van der Waals surface area contributed by atoms with Crippen LogP contribution >= 0.6 is 0 Å². The van der Waals surface area contributed by atoms with Crippen molar-refractivity contribution in [3.8, 4) is 0 Å². The number of aromatic nitrogens is 3. The Labute approximate surface area is 157 Å². The quantitative estimate of drug-likeness (QED) is 0.416. The molecule has 1 aliphatic heterocycles. The van der Waals surface area contributed by atoms with Crippen LogP contribution in [0.2, 0.25) is 0 Å². The number of aryl methyl sites for hydroxylation is 2. The number of hydrogen-bond acceptors (Lipinski definition) is 6. The Bertz CT molecular complexity index is 989. The molecular formula is C19H23N7O. The maximum absolute atomic E-state index is 6.13. The number of fused-ring (bicyclic) bond motifs is 1. The molecule has 0 aliphatic carbocycles. The van der Waals surface area contributed by atoms with E-state index in [1.807, 2.05) is 48.9 Å². The van der Waals surface area contributed by atoms with E-state index in [9.17, 15) is 0 Å².